The Morgan fingerprint density at radius 3 is 2.41 bits per heavy atom. The maximum Gasteiger partial charge on any atom is 0.253 e. The molecule has 22 heavy (non-hydrogen) atoms. The molecule has 2 rings (SSSR count). The summed E-state index contributed by atoms with van der Waals surface area (Å²) in [5, 5.41) is 9.89. The summed E-state index contributed by atoms with van der Waals surface area (Å²) in [4.78, 5) is 27.6. The zero-order valence-corrected chi connectivity index (χ0v) is 13.5. The molecule has 5 nitrogen and oxygen atoms in total. The van der Waals surface area contributed by atoms with Crippen LogP contribution < -0.4 is 4.90 Å². The second-order valence-corrected chi connectivity index (χ2v) is 6.33. The third kappa shape index (κ3) is 3.85. The third-order valence-corrected chi connectivity index (χ3v) is 3.75. The smallest absolute Gasteiger partial charge is 0.253 e. The lowest BCUT2D eigenvalue weighted by atomic mass is 10.1. The van der Waals surface area contributed by atoms with Crippen molar-refractivity contribution in [1.82, 2.24) is 4.90 Å². The van der Waals surface area contributed by atoms with Gasteiger partial charge in [-0.3, -0.25) is 9.59 Å². The summed E-state index contributed by atoms with van der Waals surface area (Å²) in [7, 11) is 0. The molecule has 0 aromatic heterocycles. The number of hydrogen-bond acceptors (Lipinski definition) is 3. The van der Waals surface area contributed by atoms with Gasteiger partial charge in [0, 0.05) is 37.3 Å². The topological polar surface area (TPSA) is 60.9 Å². The summed E-state index contributed by atoms with van der Waals surface area (Å²) < 4.78 is 0. The first-order valence-corrected chi connectivity index (χ1v) is 7.74. The number of amides is 2. The Hall–Kier alpha value is -1.88. The minimum absolute atomic E-state index is 0.107. The summed E-state index contributed by atoms with van der Waals surface area (Å²) in [6.45, 7) is 6.83. The highest BCUT2D eigenvalue weighted by atomic mass is 16.3. The Morgan fingerprint density at radius 2 is 1.95 bits per heavy atom. The number of carbonyl (C=O) groups excluding carboxylic acids is 2. The van der Waals surface area contributed by atoms with Gasteiger partial charge in [-0.2, -0.15) is 0 Å². The number of anilines is 1. The van der Waals surface area contributed by atoms with Crippen LogP contribution in [0, 0.1) is 0 Å². The van der Waals surface area contributed by atoms with E-state index in [1.807, 2.05) is 19.1 Å². The maximum absolute atomic E-state index is 12.5. The van der Waals surface area contributed by atoms with Crippen LogP contribution in [0.25, 0.3) is 0 Å². The van der Waals surface area contributed by atoms with Crippen LogP contribution in [-0.2, 0) is 4.79 Å². The first kappa shape index (κ1) is 16.5. The third-order valence-electron chi connectivity index (χ3n) is 3.75. The molecule has 0 bridgehead atoms. The van der Waals surface area contributed by atoms with Gasteiger partial charge in [-0.25, -0.2) is 0 Å². The van der Waals surface area contributed by atoms with E-state index in [2.05, 4.69) is 0 Å². The Morgan fingerprint density at radius 1 is 1.32 bits per heavy atom. The Labute approximate surface area is 131 Å². The van der Waals surface area contributed by atoms with Crippen molar-refractivity contribution in [3.8, 4) is 0 Å². The van der Waals surface area contributed by atoms with Crippen molar-refractivity contribution < 1.29 is 14.7 Å². The molecule has 1 heterocycles. The van der Waals surface area contributed by atoms with E-state index in [0.717, 1.165) is 18.7 Å². The Bertz CT molecular complexity index is 546. The lowest BCUT2D eigenvalue weighted by molar-refractivity contribution is -0.117. The number of likely N-dealkylation sites (N-methyl/N-ethyl adjacent to an activating group) is 1. The van der Waals surface area contributed by atoms with Gasteiger partial charge in [0.15, 0.2) is 0 Å². The van der Waals surface area contributed by atoms with E-state index < -0.39 is 5.60 Å². The zero-order valence-electron chi connectivity index (χ0n) is 13.5. The highest BCUT2D eigenvalue weighted by molar-refractivity contribution is 5.97. The molecule has 1 fully saturated rings. The van der Waals surface area contributed by atoms with Gasteiger partial charge in [0.2, 0.25) is 5.91 Å². The second-order valence-electron chi connectivity index (χ2n) is 6.33. The molecule has 1 aromatic rings. The predicted octanol–water partition coefficient (Wildman–Crippen LogP) is 2.05. The zero-order chi connectivity index (χ0) is 16.3. The number of benzene rings is 1. The first-order valence-electron chi connectivity index (χ1n) is 7.74. The van der Waals surface area contributed by atoms with E-state index in [1.165, 1.54) is 0 Å². The van der Waals surface area contributed by atoms with E-state index in [-0.39, 0.29) is 18.4 Å². The number of rotatable bonds is 5. The van der Waals surface area contributed by atoms with E-state index >= 15 is 0 Å². The average Bonchev–Trinajstić information content (AvgIpc) is 2.89. The molecule has 2 amide bonds. The van der Waals surface area contributed by atoms with E-state index in [1.54, 1.807) is 35.8 Å². The van der Waals surface area contributed by atoms with Gasteiger partial charge in [0.25, 0.3) is 5.91 Å². The molecular formula is C17H24N2O3. The Kier molecular flexibility index (Phi) is 4.86. The number of nitrogens with zero attached hydrogens (tertiary/aromatic N) is 2. The molecule has 1 aliphatic rings. The number of aliphatic hydroxyl groups is 1. The highest BCUT2D eigenvalue weighted by Crippen LogP contribution is 2.22. The summed E-state index contributed by atoms with van der Waals surface area (Å²) in [5.41, 5.74) is 0.485. The summed E-state index contributed by atoms with van der Waals surface area (Å²) in [6, 6.07) is 7.12. The lowest BCUT2D eigenvalue weighted by Gasteiger charge is -2.28. The van der Waals surface area contributed by atoms with Crippen molar-refractivity contribution in [1.29, 1.82) is 0 Å². The second kappa shape index (κ2) is 6.48. The fourth-order valence-electron chi connectivity index (χ4n) is 2.68. The van der Waals surface area contributed by atoms with Crippen molar-refractivity contribution in [3.63, 3.8) is 0 Å². The molecule has 0 unspecified atom stereocenters. The standard InChI is InChI=1S/C17H24N2O3/c1-4-18(12-17(2,3)22)16(21)13-7-9-14(10-8-13)19-11-5-6-15(19)20/h7-10,22H,4-6,11-12H2,1-3H3. The van der Waals surface area contributed by atoms with Gasteiger partial charge in [0.1, 0.15) is 0 Å². The van der Waals surface area contributed by atoms with Crippen molar-refractivity contribution in [2.75, 3.05) is 24.5 Å². The molecule has 0 atom stereocenters. The molecule has 0 radical (unpaired) electrons. The molecule has 0 saturated carbocycles. The van der Waals surface area contributed by atoms with Crippen LogP contribution in [0.1, 0.15) is 44.0 Å². The van der Waals surface area contributed by atoms with Crippen LogP contribution in [0.4, 0.5) is 5.69 Å². The van der Waals surface area contributed by atoms with Crippen LogP contribution in [0.5, 0.6) is 0 Å². The van der Waals surface area contributed by atoms with Gasteiger partial charge in [-0.15, -0.1) is 0 Å². The maximum atomic E-state index is 12.5. The van der Waals surface area contributed by atoms with Gasteiger partial charge < -0.3 is 14.9 Å². The molecule has 1 saturated heterocycles. The summed E-state index contributed by atoms with van der Waals surface area (Å²) in [5.74, 6) is 0.0280. The van der Waals surface area contributed by atoms with Gasteiger partial charge in [-0.05, 0) is 51.5 Å². The van der Waals surface area contributed by atoms with Gasteiger partial charge in [-0.1, -0.05) is 0 Å². The fraction of sp³-hybridized carbons (Fsp3) is 0.529. The molecule has 0 aliphatic carbocycles. The Balaban J connectivity index is 2.12. The van der Waals surface area contributed by atoms with E-state index in [9.17, 15) is 14.7 Å². The minimum Gasteiger partial charge on any atom is -0.389 e. The van der Waals surface area contributed by atoms with Crippen LogP contribution in [0.3, 0.4) is 0 Å². The number of hydrogen-bond donors (Lipinski definition) is 1. The van der Waals surface area contributed by atoms with Gasteiger partial charge >= 0.3 is 0 Å². The molecule has 1 aliphatic heterocycles. The summed E-state index contributed by atoms with van der Waals surface area (Å²) in [6.07, 6.45) is 1.48. The van der Waals surface area contributed by atoms with Crippen molar-refractivity contribution in [2.45, 2.75) is 39.2 Å². The molecule has 5 heteroatoms. The van der Waals surface area contributed by atoms with E-state index in [0.29, 0.717) is 18.5 Å². The van der Waals surface area contributed by atoms with Crippen LogP contribution in [0.2, 0.25) is 0 Å². The van der Waals surface area contributed by atoms with E-state index in [4.69, 9.17) is 0 Å². The molecule has 0 spiro atoms. The molecule has 1 aromatic carbocycles. The molecule has 120 valence electrons. The normalized spacial score (nSPS) is 15.3. The van der Waals surface area contributed by atoms with Crippen LogP contribution >= 0.6 is 0 Å². The molecule has 1 N–H and O–H groups in total. The first-order chi connectivity index (χ1) is 10.3. The van der Waals surface area contributed by atoms with Crippen molar-refractivity contribution in [2.24, 2.45) is 0 Å². The lowest BCUT2D eigenvalue weighted by Crippen LogP contribution is -2.42. The fourth-order valence-corrected chi connectivity index (χ4v) is 2.68. The van der Waals surface area contributed by atoms with Gasteiger partial charge in [0.05, 0.1) is 5.60 Å². The quantitative estimate of drug-likeness (QED) is 0.905. The number of carbonyl (C=O) groups is 2. The van der Waals surface area contributed by atoms with Crippen LogP contribution in [-0.4, -0.2) is 47.1 Å². The minimum atomic E-state index is -0.923. The largest absolute Gasteiger partial charge is 0.389 e. The van der Waals surface area contributed by atoms with Crippen LogP contribution in [0.15, 0.2) is 24.3 Å². The SMILES string of the molecule is CCN(CC(C)(C)O)C(=O)c1ccc(N2CCCC2=O)cc1. The monoisotopic (exact) mass is 304 g/mol. The summed E-state index contributed by atoms with van der Waals surface area (Å²) >= 11 is 0. The molecular weight excluding hydrogens is 280 g/mol. The van der Waals surface area contributed by atoms with Crippen molar-refractivity contribution >= 4 is 17.5 Å². The average molecular weight is 304 g/mol. The van der Waals surface area contributed by atoms with Crippen molar-refractivity contribution in [3.05, 3.63) is 29.8 Å². The highest BCUT2D eigenvalue weighted by Gasteiger charge is 2.24. The predicted molar refractivity (Wildman–Crippen MR) is 85.9 cm³/mol.